The predicted molar refractivity (Wildman–Crippen MR) is 95.5 cm³/mol. The molecule has 0 spiro atoms. The van der Waals surface area contributed by atoms with Gasteiger partial charge in [0.05, 0.1) is 18.6 Å². The molecule has 2 saturated heterocycles. The number of benzene rings is 1. The molecule has 8 nitrogen and oxygen atoms in total. The lowest BCUT2D eigenvalue weighted by Gasteiger charge is -2.18. The van der Waals surface area contributed by atoms with Crippen molar-refractivity contribution in [3.8, 4) is 5.75 Å². The van der Waals surface area contributed by atoms with Crippen molar-refractivity contribution in [2.24, 2.45) is 0 Å². The van der Waals surface area contributed by atoms with Crippen LogP contribution in [0.15, 0.2) is 23.1 Å². The van der Waals surface area contributed by atoms with Crippen molar-refractivity contribution in [2.45, 2.75) is 30.2 Å². The summed E-state index contributed by atoms with van der Waals surface area (Å²) < 4.78 is 55.3. The summed E-state index contributed by atoms with van der Waals surface area (Å²) in [5, 5.41) is 2.67. The van der Waals surface area contributed by atoms with E-state index in [0.29, 0.717) is 19.5 Å². The molecule has 2 aliphatic heterocycles. The molecule has 3 rings (SSSR count). The van der Waals surface area contributed by atoms with E-state index in [1.165, 1.54) is 29.6 Å². The summed E-state index contributed by atoms with van der Waals surface area (Å²) in [6.07, 6.45) is 1.97. The Hall–Kier alpha value is -1.65. The van der Waals surface area contributed by atoms with E-state index in [-0.39, 0.29) is 27.7 Å². The van der Waals surface area contributed by atoms with Crippen molar-refractivity contribution in [2.75, 3.05) is 31.7 Å². The molecule has 1 aromatic rings. The molecule has 1 amide bonds. The maximum Gasteiger partial charge on any atom is 0.251 e. The maximum absolute atomic E-state index is 12.9. The van der Waals surface area contributed by atoms with E-state index in [1.807, 2.05) is 0 Å². The summed E-state index contributed by atoms with van der Waals surface area (Å²) in [5.74, 6) is -0.354. The van der Waals surface area contributed by atoms with Crippen LogP contribution in [0.3, 0.4) is 0 Å². The number of ether oxygens (including phenoxy) is 1. The van der Waals surface area contributed by atoms with Gasteiger partial charge in [0.2, 0.25) is 10.0 Å². The van der Waals surface area contributed by atoms with Gasteiger partial charge in [-0.2, -0.15) is 4.31 Å². The number of amides is 1. The van der Waals surface area contributed by atoms with E-state index < -0.39 is 31.8 Å². The molecule has 1 N–H and O–H groups in total. The number of sulfonamides is 1. The van der Waals surface area contributed by atoms with Gasteiger partial charge in [0.25, 0.3) is 5.91 Å². The van der Waals surface area contributed by atoms with Crippen molar-refractivity contribution in [1.29, 1.82) is 0 Å². The zero-order valence-corrected chi connectivity index (χ0v) is 16.1. The monoisotopic (exact) mass is 402 g/mol. The van der Waals surface area contributed by atoms with Crippen LogP contribution in [0, 0.1) is 0 Å². The van der Waals surface area contributed by atoms with Gasteiger partial charge in [0.15, 0.2) is 9.84 Å². The molecule has 26 heavy (non-hydrogen) atoms. The Bertz CT molecular complexity index is 905. The molecular formula is C16H22N2O6S2. The lowest BCUT2D eigenvalue weighted by molar-refractivity contribution is 0.0941. The quantitative estimate of drug-likeness (QED) is 0.763. The first-order valence-corrected chi connectivity index (χ1v) is 11.7. The zero-order valence-electron chi connectivity index (χ0n) is 14.5. The van der Waals surface area contributed by atoms with Gasteiger partial charge in [-0.3, -0.25) is 4.79 Å². The molecule has 0 radical (unpaired) electrons. The van der Waals surface area contributed by atoms with Crippen LogP contribution in [-0.2, 0) is 19.9 Å². The Morgan fingerprint density at radius 1 is 1.27 bits per heavy atom. The topological polar surface area (TPSA) is 110 Å². The van der Waals surface area contributed by atoms with E-state index in [1.54, 1.807) is 0 Å². The normalized spacial score (nSPS) is 23.0. The minimum Gasteiger partial charge on any atom is -0.495 e. The van der Waals surface area contributed by atoms with Crippen LogP contribution < -0.4 is 10.1 Å². The predicted octanol–water partition coefficient (Wildman–Crippen LogP) is 0.397. The molecule has 1 atom stereocenters. The second-order valence-corrected chi connectivity index (χ2v) is 10.7. The van der Waals surface area contributed by atoms with Crippen LogP contribution in [0.4, 0.5) is 0 Å². The van der Waals surface area contributed by atoms with Gasteiger partial charge >= 0.3 is 0 Å². The van der Waals surface area contributed by atoms with E-state index in [0.717, 1.165) is 12.8 Å². The van der Waals surface area contributed by atoms with Crippen molar-refractivity contribution in [1.82, 2.24) is 9.62 Å². The lowest BCUT2D eigenvalue weighted by atomic mass is 10.2. The Morgan fingerprint density at radius 3 is 2.54 bits per heavy atom. The molecule has 0 aromatic heterocycles. The van der Waals surface area contributed by atoms with Crippen LogP contribution in [0.25, 0.3) is 0 Å². The van der Waals surface area contributed by atoms with Crippen molar-refractivity contribution < 1.29 is 26.4 Å². The largest absolute Gasteiger partial charge is 0.495 e. The SMILES string of the molecule is COc1ccc(C(=O)N[C@H]2CCS(=O)(=O)C2)cc1S(=O)(=O)N1CCCC1. The van der Waals surface area contributed by atoms with Gasteiger partial charge in [-0.05, 0) is 37.5 Å². The summed E-state index contributed by atoms with van der Waals surface area (Å²) in [6, 6.07) is 3.77. The first kappa shape index (κ1) is 19.1. The fraction of sp³-hybridized carbons (Fsp3) is 0.562. The van der Waals surface area contributed by atoms with E-state index in [2.05, 4.69) is 5.32 Å². The average molecular weight is 402 g/mol. The highest BCUT2D eigenvalue weighted by Crippen LogP contribution is 2.30. The minimum atomic E-state index is -3.75. The second-order valence-electron chi connectivity index (χ2n) is 6.55. The number of nitrogens with one attached hydrogen (secondary N) is 1. The number of methoxy groups -OCH3 is 1. The molecule has 0 bridgehead atoms. The van der Waals surface area contributed by atoms with Crippen LogP contribution in [0.1, 0.15) is 29.6 Å². The molecule has 2 heterocycles. The summed E-state index contributed by atoms with van der Waals surface area (Å²) >= 11 is 0. The Morgan fingerprint density at radius 2 is 1.96 bits per heavy atom. The zero-order chi connectivity index (χ0) is 18.9. The Balaban J connectivity index is 1.86. The summed E-state index contributed by atoms with van der Waals surface area (Å²) in [6.45, 7) is 0.893. The first-order chi connectivity index (χ1) is 12.2. The van der Waals surface area contributed by atoms with Gasteiger partial charge in [0.1, 0.15) is 10.6 Å². The van der Waals surface area contributed by atoms with Gasteiger partial charge in [-0.25, -0.2) is 16.8 Å². The number of hydrogen-bond donors (Lipinski definition) is 1. The van der Waals surface area contributed by atoms with Gasteiger partial charge in [0, 0.05) is 24.7 Å². The van der Waals surface area contributed by atoms with Gasteiger partial charge < -0.3 is 10.1 Å². The molecule has 0 aliphatic carbocycles. The fourth-order valence-electron chi connectivity index (χ4n) is 3.26. The van der Waals surface area contributed by atoms with Crippen LogP contribution in [0.5, 0.6) is 5.75 Å². The third-order valence-corrected chi connectivity index (χ3v) is 8.36. The molecule has 0 unspecified atom stereocenters. The van der Waals surface area contributed by atoms with E-state index >= 15 is 0 Å². The smallest absolute Gasteiger partial charge is 0.251 e. The standard InChI is InChI=1S/C16H22N2O6S2/c1-24-14-5-4-12(16(19)17-13-6-9-25(20,21)11-13)10-15(14)26(22,23)18-7-2-3-8-18/h4-5,10,13H,2-3,6-9,11H2,1H3,(H,17,19)/t13-/m0/s1. The van der Waals surface area contributed by atoms with E-state index in [9.17, 15) is 21.6 Å². The maximum atomic E-state index is 12.9. The number of nitrogens with zero attached hydrogens (tertiary/aromatic N) is 1. The summed E-state index contributed by atoms with van der Waals surface area (Å²) in [5.41, 5.74) is 0.160. The Labute approximate surface area is 153 Å². The number of sulfone groups is 1. The third kappa shape index (κ3) is 3.86. The highest BCUT2D eigenvalue weighted by molar-refractivity contribution is 7.91. The minimum absolute atomic E-state index is 0.0476. The van der Waals surface area contributed by atoms with Crippen molar-refractivity contribution >= 4 is 25.8 Å². The highest BCUT2D eigenvalue weighted by Gasteiger charge is 2.32. The number of hydrogen-bond acceptors (Lipinski definition) is 6. The van der Waals surface area contributed by atoms with Crippen LogP contribution >= 0.6 is 0 Å². The summed E-state index contributed by atoms with van der Waals surface area (Å²) in [7, 11) is -5.49. The lowest BCUT2D eigenvalue weighted by Crippen LogP contribution is -2.35. The van der Waals surface area contributed by atoms with Crippen LogP contribution in [-0.4, -0.2) is 64.8 Å². The number of carbonyl (C=O) groups is 1. The average Bonchev–Trinajstić information content (AvgIpc) is 3.24. The molecule has 2 aliphatic rings. The summed E-state index contributed by atoms with van der Waals surface area (Å²) in [4.78, 5) is 12.4. The third-order valence-electron chi connectivity index (χ3n) is 4.68. The molecule has 1 aromatic carbocycles. The van der Waals surface area contributed by atoms with Gasteiger partial charge in [-0.1, -0.05) is 0 Å². The second kappa shape index (κ2) is 7.16. The number of rotatable bonds is 5. The molecule has 144 valence electrons. The fourth-order valence-corrected chi connectivity index (χ4v) is 6.64. The van der Waals surface area contributed by atoms with Crippen LogP contribution in [0.2, 0.25) is 0 Å². The molecule has 10 heteroatoms. The molecule has 2 fully saturated rings. The molecular weight excluding hydrogens is 380 g/mol. The van der Waals surface area contributed by atoms with Crippen molar-refractivity contribution in [3.05, 3.63) is 23.8 Å². The highest BCUT2D eigenvalue weighted by atomic mass is 32.2. The number of carbonyl (C=O) groups excluding carboxylic acids is 1. The van der Waals surface area contributed by atoms with Gasteiger partial charge in [-0.15, -0.1) is 0 Å². The molecule has 0 saturated carbocycles. The van der Waals surface area contributed by atoms with Crippen molar-refractivity contribution in [3.63, 3.8) is 0 Å². The van der Waals surface area contributed by atoms with E-state index in [4.69, 9.17) is 4.74 Å². The first-order valence-electron chi connectivity index (χ1n) is 8.42. The Kier molecular flexibility index (Phi) is 5.27.